The van der Waals surface area contributed by atoms with Crippen LogP contribution in [0.2, 0.25) is 0 Å². The summed E-state index contributed by atoms with van der Waals surface area (Å²) in [6, 6.07) is -0.134. The van der Waals surface area contributed by atoms with Crippen molar-refractivity contribution in [1.82, 2.24) is 15.1 Å². The molecule has 1 fully saturated rings. The Morgan fingerprint density at radius 2 is 2.04 bits per heavy atom. The molecule has 1 aromatic heterocycles. The fraction of sp³-hybridized carbons (Fsp3) is 0.714. The molecule has 0 spiro atoms. The van der Waals surface area contributed by atoms with Gasteiger partial charge in [-0.15, -0.1) is 5.10 Å². The molecule has 0 radical (unpaired) electrons. The standard InChI is InChI=1S/C14H21F3N4O3/c1-13(2,3)24-12(22)19-8-4-9(5-8)21-6-10(18)11(20-21)23-7-14(15,16)17/h6,8-9H,4-5,7,18H2,1-3H3,(H,19,22)/t8-,9-. The number of ether oxygens (including phenoxy) is 2. The third-order valence-corrected chi connectivity index (χ3v) is 3.31. The van der Waals surface area contributed by atoms with Crippen LogP contribution >= 0.6 is 0 Å². The van der Waals surface area contributed by atoms with Gasteiger partial charge in [-0.05, 0) is 33.6 Å². The minimum absolute atomic E-state index is 0.0443. The third kappa shape index (κ3) is 5.20. The Bertz CT molecular complexity index is 589. The topological polar surface area (TPSA) is 91.4 Å². The van der Waals surface area contributed by atoms with Crippen molar-refractivity contribution in [3.05, 3.63) is 6.20 Å². The number of aromatic nitrogens is 2. The average molecular weight is 350 g/mol. The monoisotopic (exact) mass is 350 g/mol. The largest absolute Gasteiger partial charge is 0.466 e. The second-order valence-electron chi connectivity index (χ2n) is 6.74. The Morgan fingerprint density at radius 3 is 2.58 bits per heavy atom. The predicted molar refractivity (Wildman–Crippen MR) is 79.6 cm³/mol. The first-order valence-corrected chi connectivity index (χ1v) is 7.46. The summed E-state index contributed by atoms with van der Waals surface area (Å²) in [7, 11) is 0. The summed E-state index contributed by atoms with van der Waals surface area (Å²) in [5.74, 6) is -0.240. The highest BCUT2D eigenvalue weighted by atomic mass is 19.4. The number of hydrogen-bond acceptors (Lipinski definition) is 5. The smallest absolute Gasteiger partial charge is 0.422 e. The predicted octanol–water partition coefficient (Wildman–Crippen LogP) is 2.63. The molecule has 7 nitrogen and oxygen atoms in total. The minimum atomic E-state index is -4.45. The number of anilines is 1. The fourth-order valence-electron chi connectivity index (χ4n) is 2.23. The molecule has 1 amide bonds. The molecule has 1 saturated carbocycles. The van der Waals surface area contributed by atoms with Gasteiger partial charge in [-0.2, -0.15) is 13.2 Å². The summed E-state index contributed by atoms with van der Waals surface area (Å²) >= 11 is 0. The highest BCUT2D eigenvalue weighted by molar-refractivity contribution is 5.68. The molecule has 1 aliphatic carbocycles. The van der Waals surface area contributed by atoms with E-state index in [-0.39, 0.29) is 23.7 Å². The zero-order valence-corrected chi connectivity index (χ0v) is 13.7. The zero-order valence-electron chi connectivity index (χ0n) is 13.7. The second-order valence-corrected chi connectivity index (χ2v) is 6.74. The molecule has 0 unspecified atom stereocenters. The van der Waals surface area contributed by atoms with E-state index >= 15 is 0 Å². The molecule has 1 aromatic rings. The number of carbonyl (C=O) groups is 1. The summed E-state index contributed by atoms with van der Waals surface area (Å²) < 4.78 is 47.7. The van der Waals surface area contributed by atoms with Crippen LogP contribution in [-0.2, 0) is 4.74 Å². The zero-order chi connectivity index (χ0) is 18.1. The SMILES string of the molecule is CC(C)(C)OC(=O)N[C@H]1C[C@H](n2cc(N)c(OCC(F)(F)F)n2)C1. The molecular formula is C14H21F3N4O3. The van der Waals surface area contributed by atoms with Gasteiger partial charge in [0, 0.05) is 6.04 Å². The quantitative estimate of drug-likeness (QED) is 0.871. The van der Waals surface area contributed by atoms with E-state index in [0.29, 0.717) is 12.8 Å². The van der Waals surface area contributed by atoms with E-state index in [1.54, 1.807) is 20.8 Å². The van der Waals surface area contributed by atoms with Gasteiger partial charge in [-0.1, -0.05) is 0 Å². The van der Waals surface area contributed by atoms with Crippen LogP contribution in [0.15, 0.2) is 6.20 Å². The Balaban J connectivity index is 1.82. The van der Waals surface area contributed by atoms with Crippen LogP contribution in [0.4, 0.5) is 23.7 Å². The number of rotatable bonds is 4. The first kappa shape index (κ1) is 18.2. The van der Waals surface area contributed by atoms with Crippen LogP contribution in [0.25, 0.3) is 0 Å². The summed E-state index contributed by atoms with van der Waals surface area (Å²) in [5, 5.41) is 6.66. The Kier molecular flexibility index (Phi) is 4.86. The van der Waals surface area contributed by atoms with Crippen molar-refractivity contribution in [1.29, 1.82) is 0 Å². The number of alkyl halides is 3. The van der Waals surface area contributed by atoms with Gasteiger partial charge < -0.3 is 20.5 Å². The fourth-order valence-corrected chi connectivity index (χ4v) is 2.23. The van der Waals surface area contributed by atoms with Gasteiger partial charge >= 0.3 is 12.3 Å². The molecule has 10 heteroatoms. The van der Waals surface area contributed by atoms with Gasteiger partial charge in [0.15, 0.2) is 6.61 Å². The second kappa shape index (κ2) is 6.40. The van der Waals surface area contributed by atoms with Crippen molar-refractivity contribution in [3.63, 3.8) is 0 Å². The van der Waals surface area contributed by atoms with Crippen molar-refractivity contribution >= 4 is 11.8 Å². The van der Waals surface area contributed by atoms with E-state index in [4.69, 9.17) is 10.5 Å². The van der Waals surface area contributed by atoms with Crippen LogP contribution < -0.4 is 15.8 Å². The molecule has 0 bridgehead atoms. The molecule has 1 heterocycles. The van der Waals surface area contributed by atoms with E-state index in [9.17, 15) is 18.0 Å². The highest BCUT2D eigenvalue weighted by Crippen LogP contribution is 2.34. The van der Waals surface area contributed by atoms with E-state index in [0.717, 1.165) is 0 Å². The van der Waals surface area contributed by atoms with Gasteiger partial charge in [-0.25, -0.2) is 4.79 Å². The normalized spacial score (nSPS) is 21.1. The maximum Gasteiger partial charge on any atom is 0.422 e. The van der Waals surface area contributed by atoms with Crippen molar-refractivity contribution < 1.29 is 27.4 Å². The molecule has 24 heavy (non-hydrogen) atoms. The summed E-state index contributed by atoms with van der Waals surface area (Å²) in [6.07, 6.45) is -2.35. The number of nitrogen functional groups attached to an aromatic ring is 1. The van der Waals surface area contributed by atoms with E-state index < -0.39 is 24.5 Å². The summed E-state index contributed by atoms with van der Waals surface area (Å²) in [4.78, 5) is 11.6. The number of alkyl carbamates (subject to hydrolysis) is 1. The Hall–Kier alpha value is -2.13. The Labute approximate surface area is 137 Å². The molecule has 136 valence electrons. The van der Waals surface area contributed by atoms with Crippen molar-refractivity contribution in [3.8, 4) is 5.88 Å². The van der Waals surface area contributed by atoms with Crippen LogP contribution in [-0.4, -0.2) is 40.3 Å². The van der Waals surface area contributed by atoms with Crippen LogP contribution in [0.3, 0.4) is 0 Å². The molecule has 0 saturated heterocycles. The van der Waals surface area contributed by atoms with Crippen LogP contribution in [0.5, 0.6) is 5.88 Å². The van der Waals surface area contributed by atoms with E-state index in [1.165, 1.54) is 10.9 Å². The summed E-state index contributed by atoms with van der Waals surface area (Å²) in [5.41, 5.74) is 5.08. The minimum Gasteiger partial charge on any atom is -0.466 e. The molecule has 0 aromatic carbocycles. The lowest BCUT2D eigenvalue weighted by atomic mass is 9.87. The lowest BCUT2D eigenvalue weighted by molar-refractivity contribution is -0.154. The lowest BCUT2D eigenvalue weighted by Gasteiger charge is -2.36. The van der Waals surface area contributed by atoms with Gasteiger partial charge in [0.05, 0.1) is 12.2 Å². The van der Waals surface area contributed by atoms with Gasteiger partial charge in [0.2, 0.25) is 0 Å². The molecule has 2 rings (SSSR count). The number of hydrogen-bond donors (Lipinski definition) is 2. The first-order chi connectivity index (χ1) is 10.9. The van der Waals surface area contributed by atoms with Crippen molar-refractivity contribution in [2.45, 2.75) is 57.5 Å². The highest BCUT2D eigenvalue weighted by Gasteiger charge is 2.34. The van der Waals surface area contributed by atoms with Crippen molar-refractivity contribution in [2.75, 3.05) is 12.3 Å². The van der Waals surface area contributed by atoms with Crippen LogP contribution in [0.1, 0.15) is 39.7 Å². The number of nitrogens with zero attached hydrogens (tertiary/aromatic N) is 2. The molecule has 0 aliphatic heterocycles. The van der Waals surface area contributed by atoms with E-state index in [1.807, 2.05) is 0 Å². The summed E-state index contributed by atoms with van der Waals surface area (Å²) in [6.45, 7) is 3.86. The third-order valence-electron chi connectivity index (χ3n) is 3.31. The molecule has 0 atom stereocenters. The number of carbonyl (C=O) groups excluding carboxylic acids is 1. The van der Waals surface area contributed by atoms with Gasteiger partial charge in [-0.3, -0.25) is 4.68 Å². The maximum atomic E-state index is 12.2. The Morgan fingerprint density at radius 1 is 1.42 bits per heavy atom. The van der Waals surface area contributed by atoms with Gasteiger partial charge in [0.1, 0.15) is 11.3 Å². The number of nitrogens with two attached hydrogens (primary N) is 1. The molecule has 3 N–H and O–H groups in total. The van der Waals surface area contributed by atoms with E-state index in [2.05, 4.69) is 15.2 Å². The maximum absolute atomic E-state index is 12.2. The first-order valence-electron chi connectivity index (χ1n) is 7.46. The lowest BCUT2D eigenvalue weighted by Crippen LogP contribution is -2.46. The number of nitrogens with one attached hydrogen (secondary N) is 1. The van der Waals surface area contributed by atoms with Crippen LogP contribution in [0, 0.1) is 0 Å². The molecule has 1 aliphatic rings. The van der Waals surface area contributed by atoms with Crippen molar-refractivity contribution in [2.24, 2.45) is 0 Å². The van der Waals surface area contributed by atoms with Gasteiger partial charge in [0.25, 0.3) is 5.88 Å². The average Bonchev–Trinajstić information content (AvgIpc) is 2.68. The molecular weight excluding hydrogens is 329 g/mol. The number of amides is 1. The number of halogens is 3.